The molecule has 2 aliphatic carbocycles. The van der Waals surface area contributed by atoms with Gasteiger partial charge in [-0.15, -0.1) is 0 Å². The lowest BCUT2D eigenvalue weighted by Gasteiger charge is -2.17. The maximum Gasteiger partial charge on any atom is 0.233 e. The van der Waals surface area contributed by atoms with E-state index in [4.69, 9.17) is 9.47 Å². The third-order valence-corrected chi connectivity index (χ3v) is 5.44. The largest absolute Gasteiger partial charge is 0.379 e. The van der Waals surface area contributed by atoms with Gasteiger partial charge < -0.3 is 9.47 Å². The van der Waals surface area contributed by atoms with Crippen molar-refractivity contribution in [1.29, 1.82) is 0 Å². The molecule has 0 aromatic heterocycles. The molecular formula is C19H29NO4. The van der Waals surface area contributed by atoms with Gasteiger partial charge in [0.15, 0.2) is 0 Å². The van der Waals surface area contributed by atoms with Crippen LogP contribution >= 0.6 is 0 Å². The van der Waals surface area contributed by atoms with Gasteiger partial charge in [-0.25, -0.2) is 0 Å². The van der Waals surface area contributed by atoms with E-state index in [1.807, 2.05) is 0 Å². The van der Waals surface area contributed by atoms with Gasteiger partial charge in [0.05, 0.1) is 25.0 Å². The van der Waals surface area contributed by atoms with E-state index in [2.05, 4.69) is 26.0 Å². The Kier molecular flexibility index (Phi) is 5.72. The van der Waals surface area contributed by atoms with Crippen molar-refractivity contribution < 1.29 is 19.1 Å². The summed E-state index contributed by atoms with van der Waals surface area (Å²) in [6.07, 6.45) is 7.01. The number of nitrogens with zero attached hydrogens (tertiary/aromatic N) is 1. The Balaban J connectivity index is 1.29. The molecule has 0 N–H and O–H groups in total. The molecule has 24 heavy (non-hydrogen) atoms. The molecule has 2 bridgehead atoms. The lowest BCUT2D eigenvalue weighted by molar-refractivity contribution is -0.140. The minimum Gasteiger partial charge on any atom is -0.379 e. The minimum atomic E-state index is -0.0808. The van der Waals surface area contributed by atoms with Gasteiger partial charge >= 0.3 is 0 Å². The van der Waals surface area contributed by atoms with Gasteiger partial charge in [-0.3, -0.25) is 14.5 Å². The smallest absolute Gasteiger partial charge is 0.233 e. The first-order valence-electron chi connectivity index (χ1n) is 9.28. The van der Waals surface area contributed by atoms with Crippen molar-refractivity contribution in [2.45, 2.75) is 33.1 Å². The first kappa shape index (κ1) is 17.6. The van der Waals surface area contributed by atoms with Crippen LogP contribution in [0.5, 0.6) is 0 Å². The summed E-state index contributed by atoms with van der Waals surface area (Å²) in [6.45, 7) is 7.35. The molecule has 3 aliphatic rings. The fourth-order valence-electron chi connectivity index (χ4n) is 4.15. The first-order valence-corrected chi connectivity index (χ1v) is 9.28. The number of amides is 2. The third kappa shape index (κ3) is 3.57. The topological polar surface area (TPSA) is 55.8 Å². The molecule has 2 amide bonds. The van der Waals surface area contributed by atoms with E-state index in [-0.39, 0.29) is 23.7 Å². The maximum absolute atomic E-state index is 12.5. The Morgan fingerprint density at radius 2 is 1.58 bits per heavy atom. The zero-order valence-electron chi connectivity index (χ0n) is 14.8. The van der Waals surface area contributed by atoms with Gasteiger partial charge in [0.1, 0.15) is 0 Å². The fraction of sp³-hybridized carbons (Fsp3) is 0.789. The van der Waals surface area contributed by atoms with Crippen LogP contribution in [0.25, 0.3) is 0 Å². The number of hydrogen-bond donors (Lipinski definition) is 0. The van der Waals surface area contributed by atoms with E-state index in [1.54, 1.807) is 0 Å². The summed E-state index contributed by atoms with van der Waals surface area (Å²) >= 11 is 0. The van der Waals surface area contributed by atoms with E-state index in [0.717, 1.165) is 19.4 Å². The Bertz CT molecular complexity index is 472. The van der Waals surface area contributed by atoms with E-state index >= 15 is 0 Å². The van der Waals surface area contributed by atoms with Crippen molar-refractivity contribution in [2.75, 3.05) is 33.0 Å². The predicted molar refractivity (Wildman–Crippen MR) is 90.1 cm³/mol. The summed E-state index contributed by atoms with van der Waals surface area (Å²) in [4.78, 5) is 26.5. The van der Waals surface area contributed by atoms with Crippen molar-refractivity contribution in [1.82, 2.24) is 4.90 Å². The molecule has 1 saturated carbocycles. The van der Waals surface area contributed by atoms with Crippen LogP contribution in [0.15, 0.2) is 12.2 Å². The van der Waals surface area contributed by atoms with Gasteiger partial charge in [-0.1, -0.05) is 26.0 Å². The van der Waals surface area contributed by atoms with E-state index in [9.17, 15) is 9.59 Å². The molecule has 1 saturated heterocycles. The highest BCUT2D eigenvalue weighted by Gasteiger charge is 2.58. The Morgan fingerprint density at radius 3 is 2.17 bits per heavy atom. The molecule has 5 nitrogen and oxygen atoms in total. The van der Waals surface area contributed by atoms with Crippen molar-refractivity contribution in [3.63, 3.8) is 0 Å². The molecule has 0 radical (unpaired) electrons. The predicted octanol–water partition coefficient (Wildman–Crippen LogP) is 2.26. The summed E-state index contributed by atoms with van der Waals surface area (Å²) in [7, 11) is 0. The number of carbonyl (C=O) groups is 2. The van der Waals surface area contributed by atoms with Crippen LogP contribution in [0.1, 0.15) is 33.1 Å². The summed E-state index contributed by atoms with van der Waals surface area (Å²) in [5.41, 5.74) is 0. The highest BCUT2D eigenvalue weighted by atomic mass is 16.5. The quantitative estimate of drug-likeness (QED) is 0.349. The second-order valence-electron chi connectivity index (χ2n) is 7.59. The van der Waals surface area contributed by atoms with Crippen molar-refractivity contribution in [3.8, 4) is 0 Å². The number of rotatable bonds is 10. The van der Waals surface area contributed by atoms with Gasteiger partial charge in [0.2, 0.25) is 11.8 Å². The molecule has 2 fully saturated rings. The standard InChI is InChI=1S/C19H29NO4/c1-13(2)6-9-24-11-10-23-8-3-7-20-18(21)16-14-4-5-15(12-14)17(16)19(20)22/h4-5,13-17H,3,6-12H2,1-2H3/t14-,15-,16-,17-/m0/s1. The van der Waals surface area contributed by atoms with Crippen molar-refractivity contribution in [2.24, 2.45) is 29.6 Å². The Labute approximate surface area is 144 Å². The normalized spacial score (nSPS) is 30.9. The average molecular weight is 335 g/mol. The van der Waals surface area contributed by atoms with E-state index in [1.165, 1.54) is 4.90 Å². The van der Waals surface area contributed by atoms with Crippen molar-refractivity contribution >= 4 is 11.8 Å². The lowest BCUT2D eigenvalue weighted by Crippen LogP contribution is -2.34. The van der Waals surface area contributed by atoms with Crippen LogP contribution in [-0.2, 0) is 19.1 Å². The SMILES string of the molecule is CC(C)CCOCCOCCCN1C(=O)[C@@H]2[C@@H](C1=O)[C@H]1C=C[C@H]2C1. The summed E-state index contributed by atoms with van der Waals surface area (Å²) < 4.78 is 11.0. The van der Waals surface area contributed by atoms with Gasteiger partial charge in [0, 0.05) is 19.8 Å². The van der Waals surface area contributed by atoms with Crippen LogP contribution in [0.3, 0.4) is 0 Å². The van der Waals surface area contributed by atoms with Gasteiger partial charge in [-0.2, -0.15) is 0 Å². The molecule has 0 aromatic rings. The van der Waals surface area contributed by atoms with Crippen LogP contribution in [-0.4, -0.2) is 49.7 Å². The Hall–Kier alpha value is -1.20. The van der Waals surface area contributed by atoms with Crippen LogP contribution < -0.4 is 0 Å². The summed E-state index contributed by atoms with van der Waals surface area (Å²) in [5.74, 6) is 1.16. The first-order chi connectivity index (χ1) is 11.6. The van der Waals surface area contributed by atoms with Crippen molar-refractivity contribution in [3.05, 3.63) is 12.2 Å². The van der Waals surface area contributed by atoms with Crippen LogP contribution in [0.4, 0.5) is 0 Å². The van der Waals surface area contributed by atoms with E-state index in [0.29, 0.717) is 50.5 Å². The molecule has 0 spiro atoms. The zero-order chi connectivity index (χ0) is 17.1. The molecule has 5 heteroatoms. The van der Waals surface area contributed by atoms with Crippen LogP contribution in [0, 0.1) is 29.6 Å². The Morgan fingerprint density at radius 1 is 1.00 bits per heavy atom. The number of ether oxygens (including phenoxy) is 2. The van der Waals surface area contributed by atoms with Crippen LogP contribution in [0.2, 0.25) is 0 Å². The monoisotopic (exact) mass is 335 g/mol. The fourth-order valence-corrected chi connectivity index (χ4v) is 4.15. The summed E-state index contributed by atoms with van der Waals surface area (Å²) in [5, 5.41) is 0. The highest BCUT2D eigenvalue weighted by molar-refractivity contribution is 6.06. The average Bonchev–Trinajstić information content (AvgIpc) is 3.21. The molecule has 0 aromatic carbocycles. The zero-order valence-corrected chi connectivity index (χ0v) is 14.8. The third-order valence-electron chi connectivity index (χ3n) is 5.44. The number of imide groups is 1. The molecule has 134 valence electrons. The number of fused-ring (bicyclic) bond motifs is 5. The van der Waals surface area contributed by atoms with Gasteiger partial charge in [-0.05, 0) is 37.0 Å². The van der Waals surface area contributed by atoms with Gasteiger partial charge in [0.25, 0.3) is 0 Å². The number of hydrogen-bond acceptors (Lipinski definition) is 4. The summed E-state index contributed by atoms with van der Waals surface area (Å²) in [6, 6.07) is 0. The lowest BCUT2D eigenvalue weighted by atomic mass is 9.85. The second-order valence-corrected chi connectivity index (χ2v) is 7.59. The number of allylic oxidation sites excluding steroid dienone is 2. The number of likely N-dealkylation sites (tertiary alicyclic amines) is 1. The molecule has 1 aliphatic heterocycles. The molecule has 4 atom stereocenters. The molecule has 1 heterocycles. The molecule has 0 unspecified atom stereocenters. The molecule has 3 rings (SSSR count). The molecular weight excluding hydrogens is 306 g/mol. The minimum absolute atomic E-state index is 0.0406. The van der Waals surface area contributed by atoms with E-state index < -0.39 is 0 Å². The maximum atomic E-state index is 12.5. The second kappa shape index (κ2) is 7.79. The number of carbonyl (C=O) groups excluding carboxylic acids is 2. The highest BCUT2D eigenvalue weighted by Crippen LogP contribution is 2.52.